The normalized spacial score (nSPS) is 10.6. The molecule has 2 heteroatoms. The number of halogens is 1. The van der Waals surface area contributed by atoms with Gasteiger partial charge in [-0.2, -0.15) is 0 Å². The smallest absolute Gasteiger partial charge is 0.0379 e. The fourth-order valence-electron chi connectivity index (χ4n) is 0.560. The van der Waals surface area contributed by atoms with E-state index in [1.807, 2.05) is 6.08 Å². The van der Waals surface area contributed by atoms with Gasteiger partial charge in [-0.25, -0.2) is 0 Å². The monoisotopic (exact) mass is 148 g/mol. The van der Waals surface area contributed by atoms with E-state index in [0.29, 0.717) is 0 Å². The van der Waals surface area contributed by atoms with Gasteiger partial charge in [0.05, 0.1) is 0 Å². The summed E-state index contributed by atoms with van der Waals surface area (Å²) in [6, 6.07) is 1.38. The molecule has 0 aliphatic carbocycles. The van der Waals surface area contributed by atoms with Crippen LogP contribution in [0, 0.1) is 0 Å². The first-order valence-electron chi connectivity index (χ1n) is 3.08. The summed E-state index contributed by atoms with van der Waals surface area (Å²) in [6.07, 6.45) is 4.45. The van der Waals surface area contributed by atoms with Crippen LogP contribution in [-0.4, -0.2) is 15.0 Å². The molecular formula is C6H13ClSi. The number of rotatable bonds is 5. The first kappa shape index (κ1) is 8.25. The van der Waals surface area contributed by atoms with E-state index < -0.39 is 0 Å². The highest BCUT2D eigenvalue weighted by Crippen LogP contribution is 1.95. The van der Waals surface area contributed by atoms with E-state index >= 15 is 0 Å². The van der Waals surface area contributed by atoms with Crippen molar-refractivity contribution in [3.8, 4) is 0 Å². The van der Waals surface area contributed by atoms with E-state index in [2.05, 4.69) is 6.58 Å². The average molecular weight is 149 g/mol. The van der Waals surface area contributed by atoms with E-state index in [1.54, 1.807) is 0 Å². The first-order valence-corrected chi connectivity index (χ1v) is 5.62. The van der Waals surface area contributed by atoms with Gasteiger partial charge in [0.25, 0.3) is 0 Å². The molecule has 0 aliphatic rings. The van der Waals surface area contributed by atoms with E-state index in [4.69, 9.17) is 11.6 Å². The molecule has 0 nitrogen and oxygen atoms in total. The topological polar surface area (TPSA) is 0 Å². The van der Waals surface area contributed by atoms with Crippen molar-refractivity contribution in [1.82, 2.24) is 0 Å². The quantitative estimate of drug-likeness (QED) is 0.241. The molecule has 0 aromatic heterocycles. The second-order valence-corrected chi connectivity index (χ2v) is 4.75. The van der Waals surface area contributed by atoms with Crippen LogP contribution >= 0.6 is 11.6 Å². The molecule has 0 bridgehead atoms. The van der Waals surface area contributed by atoms with Gasteiger partial charge < -0.3 is 0 Å². The minimum atomic E-state index is 0.119. The predicted molar refractivity (Wildman–Crippen MR) is 43.5 cm³/mol. The molecule has 0 aliphatic heterocycles. The molecule has 0 fully saturated rings. The van der Waals surface area contributed by atoms with Crippen LogP contribution < -0.4 is 0 Å². The van der Waals surface area contributed by atoms with Gasteiger partial charge in [0.2, 0.25) is 0 Å². The molecule has 0 radical (unpaired) electrons. The van der Waals surface area contributed by atoms with Crippen molar-refractivity contribution < 1.29 is 0 Å². The Morgan fingerprint density at radius 1 is 1.62 bits per heavy atom. The molecule has 0 amide bonds. The van der Waals surface area contributed by atoms with Crippen molar-refractivity contribution in [1.29, 1.82) is 0 Å². The summed E-state index contributed by atoms with van der Waals surface area (Å²) in [5.41, 5.74) is 0.942. The summed E-state index contributed by atoms with van der Waals surface area (Å²) in [5, 5.41) is 0. The lowest BCUT2D eigenvalue weighted by Crippen LogP contribution is -1.89. The zero-order valence-electron chi connectivity index (χ0n) is 5.20. The Kier molecular flexibility index (Phi) is 7.47. The lowest BCUT2D eigenvalue weighted by atomic mass is 10.3. The van der Waals surface area contributed by atoms with Gasteiger partial charge in [-0.1, -0.05) is 18.5 Å². The molecule has 0 unspecified atom stereocenters. The van der Waals surface area contributed by atoms with Gasteiger partial charge >= 0.3 is 0 Å². The van der Waals surface area contributed by atoms with Crippen molar-refractivity contribution in [2.45, 2.75) is 18.9 Å². The van der Waals surface area contributed by atoms with Crippen molar-refractivity contribution in [2.75, 3.05) is 5.50 Å². The van der Waals surface area contributed by atoms with Gasteiger partial charge in [-0.05, 0) is 6.42 Å². The van der Waals surface area contributed by atoms with E-state index in [9.17, 15) is 0 Å². The van der Waals surface area contributed by atoms with Crippen LogP contribution in [0.15, 0.2) is 12.7 Å². The Morgan fingerprint density at radius 2 is 2.38 bits per heavy atom. The minimum Gasteiger partial charge on any atom is -0.131 e. The van der Waals surface area contributed by atoms with E-state index in [-0.39, 0.29) is 9.52 Å². The number of unbranched alkanes of at least 4 members (excludes halogenated alkanes) is 1. The molecule has 0 spiro atoms. The van der Waals surface area contributed by atoms with Gasteiger partial charge in [0.1, 0.15) is 0 Å². The third-order valence-corrected chi connectivity index (χ3v) is 3.11. The Hall–Kier alpha value is 0.247. The fraction of sp³-hybridized carbons (Fsp3) is 0.667. The maximum Gasteiger partial charge on any atom is 0.0379 e. The molecule has 0 heterocycles. The van der Waals surface area contributed by atoms with Crippen LogP contribution in [0.1, 0.15) is 12.8 Å². The van der Waals surface area contributed by atoms with Crippen molar-refractivity contribution in [3.63, 3.8) is 0 Å². The third kappa shape index (κ3) is 6.25. The average Bonchev–Trinajstić information content (AvgIpc) is 1.81. The lowest BCUT2D eigenvalue weighted by molar-refractivity contribution is 0.952. The van der Waals surface area contributed by atoms with Crippen LogP contribution in [0.4, 0.5) is 0 Å². The first-order chi connectivity index (χ1) is 3.91. The molecule has 0 aromatic rings. The Labute approximate surface area is 58.8 Å². The number of hydrogen-bond acceptors (Lipinski definition) is 0. The predicted octanol–water partition coefficient (Wildman–Crippen LogP) is 1.74. The van der Waals surface area contributed by atoms with E-state index in [0.717, 1.165) is 5.50 Å². The van der Waals surface area contributed by atoms with Gasteiger partial charge in [0, 0.05) is 15.0 Å². The van der Waals surface area contributed by atoms with Crippen LogP contribution in [-0.2, 0) is 0 Å². The van der Waals surface area contributed by atoms with E-state index in [1.165, 1.54) is 18.9 Å². The Morgan fingerprint density at radius 3 is 2.88 bits per heavy atom. The number of hydrogen-bond donors (Lipinski definition) is 0. The Bertz CT molecular complexity index is 54.5. The highest BCUT2D eigenvalue weighted by molar-refractivity contribution is 6.50. The fourth-order valence-corrected chi connectivity index (χ4v) is 1.96. The molecule has 8 heavy (non-hydrogen) atoms. The zero-order valence-corrected chi connectivity index (χ0v) is 7.37. The Balaban J connectivity index is 2.62. The van der Waals surface area contributed by atoms with Crippen LogP contribution in [0.2, 0.25) is 6.04 Å². The summed E-state index contributed by atoms with van der Waals surface area (Å²) < 4.78 is 0. The molecule has 0 saturated carbocycles. The largest absolute Gasteiger partial charge is 0.131 e. The maximum absolute atomic E-state index is 5.52. The standard InChI is InChI=1S/C6H13ClSi/c1-2-3-4-5-8-6-7/h2H,1,3-6,8H2. The molecular weight excluding hydrogens is 136 g/mol. The summed E-state index contributed by atoms with van der Waals surface area (Å²) >= 11 is 5.52. The zero-order chi connectivity index (χ0) is 6.24. The second-order valence-electron chi connectivity index (χ2n) is 1.83. The molecule has 0 rings (SSSR count). The second kappa shape index (κ2) is 7.25. The van der Waals surface area contributed by atoms with Crippen molar-refractivity contribution >= 4 is 21.1 Å². The van der Waals surface area contributed by atoms with Crippen molar-refractivity contribution in [3.05, 3.63) is 12.7 Å². The molecule has 0 atom stereocenters. The summed E-state index contributed by atoms with van der Waals surface area (Å²) in [7, 11) is 0.119. The highest BCUT2D eigenvalue weighted by Gasteiger charge is 1.83. The summed E-state index contributed by atoms with van der Waals surface area (Å²) in [4.78, 5) is 0. The molecule has 0 N–H and O–H groups in total. The number of allylic oxidation sites excluding steroid dienone is 1. The lowest BCUT2D eigenvalue weighted by Gasteiger charge is -1.89. The number of alkyl halides is 1. The van der Waals surface area contributed by atoms with Gasteiger partial charge in [0.15, 0.2) is 0 Å². The molecule has 48 valence electrons. The van der Waals surface area contributed by atoms with Crippen LogP contribution in [0.5, 0.6) is 0 Å². The molecule has 0 aromatic carbocycles. The van der Waals surface area contributed by atoms with Crippen molar-refractivity contribution in [2.24, 2.45) is 0 Å². The summed E-state index contributed by atoms with van der Waals surface area (Å²) in [5.74, 6) is 0. The SMILES string of the molecule is C=CCCC[SiH2]CCl. The highest BCUT2D eigenvalue weighted by atomic mass is 35.5. The van der Waals surface area contributed by atoms with Gasteiger partial charge in [-0.15, -0.1) is 18.2 Å². The third-order valence-electron chi connectivity index (χ3n) is 1.04. The van der Waals surface area contributed by atoms with Gasteiger partial charge in [-0.3, -0.25) is 0 Å². The summed E-state index contributed by atoms with van der Waals surface area (Å²) in [6.45, 7) is 3.64. The van der Waals surface area contributed by atoms with Crippen LogP contribution in [0.25, 0.3) is 0 Å². The minimum absolute atomic E-state index is 0.119. The maximum atomic E-state index is 5.52. The van der Waals surface area contributed by atoms with Crippen LogP contribution in [0.3, 0.4) is 0 Å². The molecule has 0 saturated heterocycles.